The third-order valence-corrected chi connectivity index (χ3v) is 9.41. The second kappa shape index (κ2) is 13.1. The van der Waals surface area contributed by atoms with E-state index in [0.29, 0.717) is 55.7 Å². The van der Waals surface area contributed by atoms with E-state index in [2.05, 4.69) is 21.0 Å². The van der Waals surface area contributed by atoms with Crippen molar-refractivity contribution >= 4 is 28.6 Å². The number of halogens is 8. The number of carboxylic acid groups (broad SMARTS) is 1. The molecule has 3 N–H and O–H groups in total. The number of nitrogens with zero attached hydrogens (tertiary/aromatic N) is 5. The van der Waals surface area contributed by atoms with E-state index in [1.165, 1.54) is 17.1 Å². The van der Waals surface area contributed by atoms with Crippen molar-refractivity contribution in [3.05, 3.63) is 70.3 Å². The number of carbonyl (C=O) groups is 1. The molecule has 3 heterocycles. The fourth-order valence-corrected chi connectivity index (χ4v) is 7.07. The van der Waals surface area contributed by atoms with E-state index in [9.17, 15) is 45.0 Å². The molecule has 1 aromatic heterocycles. The van der Waals surface area contributed by atoms with Crippen molar-refractivity contribution in [2.24, 2.45) is 16.9 Å². The van der Waals surface area contributed by atoms with Gasteiger partial charge in [-0.2, -0.15) is 26.3 Å². The standard InChI is InChI=1S/C32H33F8N7O2/c1-45-43-30(42-44-45)46(15-17-9-22(31(35,36)37)13-23(10-17)32(38,39)40)16-21-11-20-12-24(33)25(34)14-26(20)41-28(21)47-8-2-3-27(47)18-4-6-19(7-5-18)29(48)49/h9-14,18-19,27,44H,2-8,15-16H2,1H3,(H,42,43)(H,48,49)/t18-,19-,27-/m1/s1. The van der Waals surface area contributed by atoms with Crippen molar-refractivity contribution in [3.8, 4) is 0 Å². The molecule has 264 valence electrons. The summed E-state index contributed by atoms with van der Waals surface area (Å²) in [6.45, 7) is -0.0534. The topological polar surface area (TPSA) is 96.3 Å². The van der Waals surface area contributed by atoms with Crippen molar-refractivity contribution in [2.75, 3.05) is 18.5 Å². The van der Waals surface area contributed by atoms with Crippen LogP contribution in [-0.2, 0) is 30.2 Å². The van der Waals surface area contributed by atoms with Crippen LogP contribution >= 0.6 is 0 Å². The molecule has 3 aliphatic rings. The maximum absolute atomic E-state index is 14.4. The molecule has 0 bridgehead atoms. The molecule has 2 aromatic carbocycles. The number of aromatic nitrogens is 1. The quantitative estimate of drug-likeness (QED) is 0.237. The zero-order valence-electron chi connectivity index (χ0n) is 26.2. The summed E-state index contributed by atoms with van der Waals surface area (Å²) in [5.41, 5.74) is 2.85. The molecule has 1 saturated carbocycles. The predicted molar refractivity (Wildman–Crippen MR) is 162 cm³/mol. The third-order valence-electron chi connectivity index (χ3n) is 9.41. The molecule has 17 heteroatoms. The highest BCUT2D eigenvalue weighted by molar-refractivity contribution is 5.83. The van der Waals surface area contributed by atoms with Gasteiger partial charge in [0.25, 0.3) is 0 Å². The van der Waals surface area contributed by atoms with Crippen molar-refractivity contribution < 1.29 is 45.0 Å². The van der Waals surface area contributed by atoms with Crippen LogP contribution in [0.15, 0.2) is 41.5 Å². The molecule has 1 atom stereocenters. The predicted octanol–water partition coefficient (Wildman–Crippen LogP) is 6.64. The number of guanidine groups is 1. The van der Waals surface area contributed by atoms with Crippen LogP contribution in [0.25, 0.3) is 10.9 Å². The first kappa shape index (κ1) is 34.5. The van der Waals surface area contributed by atoms with E-state index >= 15 is 0 Å². The summed E-state index contributed by atoms with van der Waals surface area (Å²) in [5, 5.41) is 15.3. The lowest BCUT2D eigenvalue weighted by atomic mass is 9.78. The highest BCUT2D eigenvalue weighted by Gasteiger charge is 2.39. The summed E-state index contributed by atoms with van der Waals surface area (Å²) in [4.78, 5) is 19.8. The van der Waals surface area contributed by atoms with Gasteiger partial charge in [-0.3, -0.25) is 10.2 Å². The lowest BCUT2D eigenvalue weighted by molar-refractivity contribution is -0.144. The van der Waals surface area contributed by atoms with Crippen LogP contribution in [-0.4, -0.2) is 51.7 Å². The van der Waals surface area contributed by atoms with Gasteiger partial charge < -0.3 is 14.9 Å². The number of hydrogen-bond donors (Lipinski definition) is 3. The largest absolute Gasteiger partial charge is 0.481 e. The van der Waals surface area contributed by atoms with Crippen LogP contribution in [0.5, 0.6) is 0 Å². The highest BCUT2D eigenvalue weighted by atomic mass is 19.4. The van der Waals surface area contributed by atoms with Gasteiger partial charge in [-0.15, -0.1) is 10.6 Å². The summed E-state index contributed by atoms with van der Waals surface area (Å²) in [7, 11) is 1.53. The van der Waals surface area contributed by atoms with Gasteiger partial charge >= 0.3 is 18.3 Å². The number of benzene rings is 2. The Hall–Kier alpha value is -4.41. The number of pyridine rings is 1. The number of fused-ring (bicyclic) bond motifs is 1. The lowest BCUT2D eigenvalue weighted by Gasteiger charge is -2.37. The van der Waals surface area contributed by atoms with Crippen LogP contribution in [0, 0.1) is 23.5 Å². The van der Waals surface area contributed by atoms with Crippen molar-refractivity contribution in [2.45, 2.75) is 70.0 Å². The minimum Gasteiger partial charge on any atom is -0.481 e. The van der Waals surface area contributed by atoms with Gasteiger partial charge in [0.1, 0.15) is 5.82 Å². The zero-order chi connectivity index (χ0) is 35.2. The smallest absolute Gasteiger partial charge is 0.416 e. The Balaban J connectivity index is 1.41. The summed E-state index contributed by atoms with van der Waals surface area (Å²) < 4.78 is 111. The van der Waals surface area contributed by atoms with E-state index < -0.39 is 53.5 Å². The molecule has 2 aliphatic heterocycles. The van der Waals surface area contributed by atoms with E-state index in [1.807, 2.05) is 0 Å². The molecule has 0 radical (unpaired) electrons. The van der Waals surface area contributed by atoms with E-state index in [-0.39, 0.29) is 47.0 Å². The molecule has 0 spiro atoms. The van der Waals surface area contributed by atoms with Gasteiger partial charge in [-0.1, -0.05) is 0 Å². The van der Waals surface area contributed by atoms with Crippen LogP contribution in [0.3, 0.4) is 0 Å². The monoisotopic (exact) mass is 699 g/mol. The Morgan fingerprint density at radius 3 is 2.16 bits per heavy atom. The lowest BCUT2D eigenvalue weighted by Crippen LogP contribution is -2.44. The number of carboxylic acids is 1. The average Bonchev–Trinajstić information content (AvgIpc) is 3.70. The number of hydrogen-bond acceptors (Lipinski definition) is 8. The fourth-order valence-electron chi connectivity index (χ4n) is 7.07. The molecule has 1 saturated heterocycles. The Labute approximate surface area is 275 Å². The number of nitrogens with one attached hydrogen (secondary N) is 2. The first-order valence-corrected chi connectivity index (χ1v) is 15.7. The number of alkyl halides is 6. The normalized spacial score (nSPS) is 21.7. The average molecular weight is 700 g/mol. The Bertz CT molecular complexity index is 1730. The van der Waals surface area contributed by atoms with Gasteiger partial charge in [-0.05, 0) is 80.3 Å². The maximum Gasteiger partial charge on any atom is 0.416 e. The van der Waals surface area contributed by atoms with Crippen LogP contribution in [0.4, 0.5) is 40.9 Å². The molecule has 0 amide bonds. The summed E-state index contributed by atoms with van der Waals surface area (Å²) >= 11 is 0. The summed E-state index contributed by atoms with van der Waals surface area (Å²) in [6.07, 6.45) is -6.17. The first-order chi connectivity index (χ1) is 23.1. The molecule has 49 heavy (non-hydrogen) atoms. The molecule has 6 rings (SSSR count). The Morgan fingerprint density at radius 1 is 0.918 bits per heavy atom. The van der Waals surface area contributed by atoms with Gasteiger partial charge in [0.05, 0.1) is 22.6 Å². The molecule has 9 nitrogen and oxygen atoms in total. The van der Waals surface area contributed by atoms with Gasteiger partial charge in [-0.25, -0.2) is 18.9 Å². The number of rotatable bonds is 7. The zero-order valence-corrected chi connectivity index (χ0v) is 26.2. The number of hydrazine groups is 2. The van der Waals surface area contributed by atoms with Gasteiger partial charge in [0.2, 0.25) is 5.96 Å². The molecule has 0 unspecified atom stereocenters. The van der Waals surface area contributed by atoms with Gasteiger partial charge in [0, 0.05) is 49.7 Å². The van der Waals surface area contributed by atoms with Crippen LogP contribution < -0.4 is 15.9 Å². The Morgan fingerprint density at radius 2 is 1.57 bits per heavy atom. The van der Waals surface area contributed by atoms with E-state index in [1.54, 1.807) is 6.07 Å². The number of aliphatic carboxylic acids is 1. The molecule has 1 aliphatic carbocycles. The molecule has 2 fully saturated rings. The van der Waals surface area contributed by atoms with E-state index in [0.717, 1.165) is 25.0 Å². The fraction of sp³-hybridized carbons (Fsp3) is 0.469. The van der Waals surface area contributed by atoms with Gasteiger partial charge in [0.15, 0.2) is 11.6 Å². The number of anilines is 1. The minimum absolute atomic E-state index is 0.0512. The third kappa shape index (κ3) is 7.45. The highest BCUT2D eigenvalue weighted by Crippen LogP contribution is 2.41. The molecular weight excluding hydrogens is 666 g/mol. The van der Waals surface area contributed by atoms with Crippen molar-refractivity contribution in [1.82, 2.24) is 26.0 Å². The number of hydrazone groups is 1. The van der Waals surface area contributed by atoms with E-state index in [4.69, 9.17) is 4.98 Å². The molecular formula is C32H33F8N7O2. The van der Waals surface area contributed by atoms with Crippen LogP contribution in [0.1, 0.15) is 60.8 Å². The first-order valence-electron chi connectivity index (χ1n) is 15.7. The SMILES string of the molecule is CN1N=C(N(Cc2cc(C(F)(F)F)cc(C(F)(F)F)c2)Cc2cc3cc(F)c(F)cc3nc2N2CCC[C@@H]2[C@H]2CC[C@H](C(=O)O)CC2)NN1. The minimum atomic E-state index is -5.05. The van der Waals surface area contributed by atoms with Crippen LogP contribution in [0.2, 0.25) is 0 Å². The van der Waals surface area contributed by atoms with Crippen molar-refractivity contribution in [1.29, 1.82) is 0 Å². The van der Waals surface area contributed by atoms with Crippen molar-refractivity contribution in [3.63, 3.8) is 0 Å². The second-order valence-electron chi connectivity index (χ2n) is 12.7. The summed E-state index contributed by atoms with van der Waals surface area (Å²) in [6, 6.07) is 4.85. The maximum atomic E-state index is 14.4. The second-order valence-corrected chi connectivity index (χ2v) is 12.7. The molecule has 3 aromatic rings. The summed E-state index contributed by atoms with van der Waals surface area (Å²) in [5.74, 6) is -2.85. The Kier molecular flexibility index (Phi) is 9.23.